The van der Waals surface area contributed by atoms with E-state index in [-0.39, 0.29) is 18.3 Å². The van der Waals surface area contributed by atoms with Gasteiger partial charge in [-0.3, -0.25) is 0 Å². The Hall–Kier alpha value is -0.290. The van der Waals surface area contributed by atoms with E-state index in [9.17, 15) is 18.3 Å². The van der Waals surface area contributed by atoms with Gasteiger partial charge in [0.25, 0.3) is 0 Å². The van der Waals surface area contributed by atoms with E-state index in [4.69, 9.17) is 0 Å². The molecule has 0 aromatic carbocycles. The number of aliphatic hydroxyl groups is 1. The molecule has 0 aromatic rings. The summed E-state index contributed by atoms with van der Waals surface area (Å²) in [6, 6.07) is 0. The number of nitrogens with zero attached hydrogens (tertiary/aromatic N) is 1. The number of halogens is 3. The molecule has 0 aliphatic carbocycles. The summed E-state index contributed by atoms with van der Waals surface area (Å²) in [5, 5.41) is 9.59. The molecule has 1 rings (SSSR count). The quantitative estimate of drug-likeness (QED) is 0.836. The van der Waals surface area contributed by atoms with Crippen molar-refractivity contribution in [1.82, 2.24) is 4.90 Å². The molecule has 1 atom stereocenters. The van der Waals surface area contributed by atoms with Crippen LogP contribution in [0.4, 0.5) is 13.2 Å². The zero-order valence-corrected chi connectivity index (χ0v) is 10.7. The fraction of sp³-hybridized carbons (Fsp3) is 1.00. The summed E-state index contributed by atoms with van der Waals surface area (Å²) in [5.41, 5.74) is -0.273. The molecule has 17 heavy (non-hydrogen) atoms. The Balaban J connectivity index is 2.43. The van der Waals surface area contributed by atoms with Crippen LogP contribution < -0.4 is 0 Å². The van der Waals surface area contributed by atoms with Crippen LogP contribution in [0.25, 0.3) is 0 Å². The van der Waals surface area contributed by atoms with Crippen LogP contribution >= 0.6 is 0 Å². The molecule has 0 aromatic heterocycles. The average Bonchev–Trinajstić information content (AvgIpc) is 2.16. The topological polar surface area (TPSA) is 23.5 Å². The lowest BCUT2D eigenvalue weighted by Gasteiger charge is -2.39. The average molecular weight is 253 g/mol. The van der Waals surface area contributed by atoms with E-state index < -0.39 is 18.2 Å². The molecule has 0 amide bonds. The van der Waals surface area contributed by atoms with Crippen molar-refractivity contribution in [3.05, 3.63) is 0 Å². The third-order valence-corrected chi connectivity index (χ3v) is 3.81. The van der Waals surface area contributed by atoms with Crippen LogP contribution in [0.5, 0.6) is 0 Å². The number of likely N-dealkylation sites (tertiary alicyclic amines) is 1. The smallest absolute Gasteiger partial charge is 0.391 e. The van der Waals surface area contributed by atoms with Crippen molar-refractivity contribution in [3.63, 3.8) is 0 Å². The van der Waals surface area contributed by atoms with Crippen LogP contribution in [0.1, 0.15) is 33.6 Å². The highest BCUT2D eigenvalue weighted by molar-refractivity contribution is 4.83. The molecule has 1 aliphatic heterocycles. The van der Waals surface area contributed by atoms with Crippen molar-refractivity contribution in [2.24, 2.45) is 11.3 Å². The largest absolute Gasteiger partial charge is 0.393 e. The lowest BCUT2D eigenvalue weighted by Crippen LogP contribution is -2.45. The van der Waals surface area contributed by atoms with Crippen LogP contribution in [0.3, 0.4) is 0 Å². The molecule has 1 saturated heterocycles. The zero-order valence-electron chi connectivity index (χ0n) is 10.7. The molecule has 2 nitrogen and oxygen atoms in total. The highest BCUT2D eigenvalue weighted by atomic mass is 19.4. The van der Waals surface area contributed by atoms with Crippen LogP contribution in [-0.2, 0) is 0 Å². The van der Waals surface area contributed by atoms with Gasteiger partial charge in [-0.1, -0.05) is 13.8 Å². The SMILES string of the molecule is CC(O)C(C)(C)CN1CCC(C(F)(F)F)CC1. The Kier molecular flexibility index (Phi) is 4.47. The number of alkyl halides is 3. The molecular weight excluding hydrogens is 231 g/mol. The second-order valence-electron chi connectivity index (χ2n) is 5.76. The van der Waals surface area contributed by atoms with E-state index in [1.807, 2.05) is 18.7 Å². The minimum Gasteiger partial charge on any atom is -0.393 e. The first-order chi connectivity index (χ1) is 7.63. The molecule has 0 spiro atoms. The van der Waals surface area contributed by atoms with E-state index >= 15 is 0 Å². The van der Waals surface area contributed by atoms with E-state index in [0.717, 1.165) is 0 Å². The van der Waals surface area contributed by atoms with E-state index in [2.05, 4.69) is 0 Å². The van der Waals surface area contributed by atoms with Gasteiger partial charge < -0.3 is 10.0 Å². The number of hydrogen-bond donors (Lipinski definition) is 1. The Bertz CT molecular complexity index is 243. The molecule has 0 radical (unpaired) electrons. The molecule has 1 fully saturated rings. The Labute approximate surface area is 101 Å². The van der Waals surface area contributed by atoms with E-state index in [1.165, 1.54) is 0 Å². The maximum absolute atomic E-state index is 12.5. The van der Waals surface area contributed by atoms with Gasteiger partial charge in [-0.15, -0.1) is 0 Å². The lowest BCUT2D eigenvalue weighted by molar-refractivity contribution is -0.185. The number of piperidine rings is 1. The predicted octanol–water partition coefficient (Wildman–Crippen LogP) is 2.67. The molecule has 102 valence electrons. The fourth-order valence-electron chi connectivity index (χ4n) is 2.13. The van der Waals surface area contributed by atoms with Crippen LogP contribution in [0, 0.1) is 11.3 Å². The van der Waals surface area contributed by atoms with Crippen molar-refractivity contribution in [1.29, 1.82) is 0 Å². The fourth-order valence-corrected chi connectivity index (χ4v) is 2.13. The first kappa shape index (κ1) is 14.8. The minimum atomic E-state index is -4.05. The van der Waals surface area contributed by atoms with Crippen molar-refractivity contribution >= 4 is 0 Å². The number of rotatable bonds is 3. The van der Waals surface area contributed by atoms with Gasteiger partial charge in [0.2, 0.25) is 0 Å². The van der Waals surface area contributed by atoms with Crippen molar-refractivity contribution in [3.8, 4) is 0 Å². The highest BCUT2D eigenvalue weighted by Gasteiger charge is 2.41. The molecule has 5 heteroatoms. The van der Waals surface area contributed by atoms with Crippen LogP contribution in [-0.4, -0.2) is 41.9 Å². The summed E-state index contributed by atoms with van der Waals surface area (Å²) in [6.45, 7) is 7.19. The second-order valence-corrected chi connectivity index (χ2v) is 5.76. The molecule has 1 heterocycles. The maximum atomic E-state index is 12.5. The normalized spacial score (nSPS) is 22.8. The third kappa shape index (κ3) is 4.14. The first-order valence-electron chi connectivity index (χ1n) is 6.10. The van der Waals surface area contributed by atoms with Gasteiger partial charge in [0.1, 0.15) is 0 Å². The first-order valence-corrected chi connectivity index (χ1v) is 6.10. The van der Waals surface area contributed by atoms with Gasteiger partial charge in [-0.25, -0.2) is 0 Å². The highest BCUT2D eigenvalue weighted by Crippen LogP contribution is 2.35. The zero-order chi connectivity index (χ0) is 13.3. The van der Waals surface area contributed by atoms with Crippen molar-refractivity contribution in [2.75, 3.05) is 19.6 Å². The Morgan fingerprint density at radius 3 is 2.06 bits per heavy atom. The van der Waals surface area contributed by atoms with Gasteiger partial charge in [0.15, 0.2) is 0 Å². The molecule has 1 N–H and O–H groups in total. The van der Waals surface area contributed by atoms with Crippen molar-refractivity contribution in [2.45, 2.75) is 45.9 Å². The standard InChI is InChI=1S/C12H22F3NO/c1-9(17)11(2,3)8-16-6-4-10(5-7-16)12(13,14)15/h9-10,17H,4-8H2,1-3H3. The maximum Gasteiger partial charge on any atom is 0.391 e. The van der Waals surface area contributed by atoms with E-state index in [0.29, 0.717) is 19.6 Å². The summed E-state index contributed by atoms with van der Waals surface area (Å²) in [7, 11) is 0. The van der Waals surface area contributed by atoms with Gasteiger partial charge in [-0.05, 0) is 32.9 Å². The molecule has 1 unspecified atom stereocenters. The van der Waals surface area contributed by atoms with Crippen LogP contribution in [0.2, 0.25) is 0 Å². The number of aliphatic hydroxyl groups excluding tert-OH is 1. The molecule has 1 aliphatic rings. The van der Waals surface area contributed by atoms with Gasteiger partial charge in [0, 0.05) is 12.0 Å². The predicted molar refractivity (Wildman–Crippen MR) is 60.7 cm³/mol. The summed E-state index contributed by atoms with van der Waals surface area (Å²) >= 11 is 0. The minimum absolute atomic E-state index is 0.180. The van der Waals surface area contributed by atoms with Gasteiger partial charge in [0.05, 0.1) is 12.0 Å². The molecular formula is C12H22F3NO. The Morgan fingerprint density at radius 2 is 1.71 bits per heavy atom. The van der Waals surface area contributed by atoms with Crippen molar-refractivity contribution < 1.29 is 18.3 Å². The Morgan fingerprint density at radius 1 is 1.24 bits per heavy atom. The summed E-state index contributed by atoms with van der Waals surface area (Å²) in [5.74, 6) is -1.14. The number of hydrogen-bond acceptors (Lipinski definition) is 2. The summed E-state index contributed by atoms with van der Waals surface area (Å²) in [4.78, 5) is 2.02. The summed E-state index contributed by atoms with van der Waals surface area (Å²) in [6.07, 6.45) is -4.15. The second kappa shape index (κ2) is 5.14. The van der Waals surface area contributed by atoms with Gasteiger partial charge >= 0.3 is 6.18 Å². The summed E-state index contributed by atoms with van der Waals surface area (Å²) < 4.78 is 37.4. The molecule has 0 saturated carbocycles. The molecule has 0 bridgehead atoms. The van der Waals surface area contributed by atoms with Crippen LogP contribution in [0.15, 0.2) is 0 Å². The van der Waals surface area contributed by atoms with E-state index in [1.54, 1.807) is 6.92 Å². The lowest BCUT2D eigenvalue weighted by atomic mass is 9.85. The van der Waals surface area contributed by atoms with Gasteiger partial charge in [-0.2, -0.15) is 13.2 Å². The monoisotopic (exact) mass is 253 g/mol. The third-order valence-electron chi connectivity index (χ3n) is 3.81.